The minimum Gasteiger partial charge on any atom is -0.365 e. The van der Waals surface area contributed by atoms with E-state index < -0.39 is 4.92 Å². The van der Waals surface area contributed by atoms with Crippen LogP contribution in [-0.2, 0) is 6.54 Å². The van der Waals surface area contributed by atoms with E-state index >= 15 is 0 Å². The zero-order chi connectivity index (χ0) is 13.8. The molecule has 2 aromatic rings. The zero-order valence-electron chi connectivity index (χ0n) is 9.64. The highest BCUT2D eigenvalue weighted by molar-refractivity contribution is 9.10. The Balaban J connectivity index is 2.10. The van der Waals surface area contributed by atoms with Crippen molar-refractivity contribution in [3.05, 3.63) is 61.7 Å². The van der Waals surface area contributed by atoms with E-state index in [1.807, 2.05) is 6.07 Å². The summed E-state index contributed by atoms with van der Waals surface area (Å²) in [5.74, 6) is 0.635. The molecule has 0 amide bonds. The molecule has 1 aromatic carbocycles. The third-order valence-electron chi connectivity index (χ3n) is 2.39. The molecule has 1 aromatic heterocycles. The Hall–Kier alpha value is -1.66. The number of hydrogen-bond donors (Lipinski definition) is 1. The Morgan fingerprint density at radius 2 is 2.21 bits per heavy atom. The lowest BCUT2D eigenvalue weighted by atomic mass is 10.2. The normalized spacial score (nSPS) is 10.2. The Morgan fingerprint density at radius 1 is 1.42 bits per heavy atom. The number of aromatic nitrogens is 1. The monoisotopic (exact) mass is 341 g/mol. The molecule has 0 fully saturated rings. The highest BCUT2D eigenvalue weighted by atomic mass is 79.9. The summed E-state index contributed by atoms with van der Waals surface area (Å²) in [6.07, 6.45) is 1.53. The number of anilines is 1. The van der Waals surface area contributed by atoms with Gasteiger partial charge in [-0.15, -0.1) is 0 Å². The maximum Gasteiger partial charge on any atom is 0.269 e. The van der Waals surface area contributed by atoms with Crippen LogP contribution in [0.1, 0.15) is 5.56 Å². The first kappa shape index (κ1) is 13.8. The summed E-state index contributed by atoms with van der Waals surface area (Å²) in [7, 11) is 0. The van der Waals surface area contributed by atoms with Gasteiger partial charge in [0.15, 0.2) is 0 Å². The van der Waals surface area contributed by atoms with E-state index in [2.05, 4.69) is 26.2 Å². The van der Waals surface area contributed by atoms with Crippen LogP contribution >= 0.6 is 27.5 Å². The summed E-state index contributed by atoms with van der Waals surface area (Å²) in [5.41, 5.74) is 0.875. The van der Waals surface area contributed by atoms with E-state index in [0.717, 1.165) is 10.0 Å². The maximum atomic E-state index is 10.7. The van der Waals surface area contributed by atoms with Gasteiger partial charge in [0, 0.05) is 24.9 Å². The van der Waals surface area contributed by atoms with Crippen molar-refractivity contribution >= 4 is 39.0 Å². The Bertz CT molecular complexity index is 622. The van der Waals surface area contributed by atoms with E-state index in [9.17, 15) is 10.1 Å². The lowest BCUT2D eigenvalue weighted by molar-refractivity contribution is -0.384. The van der Waals surface area contributed by atoms with Gasteiger partial charge in [-0.3, -0.25) is 10.1 Å². The van der Waals surface area contributed by atoms with Crippen molar-refractivity contribution in [2.45, 2.75) is 6.54 Å². The van der Waals surface area contributed by atoms with Crippen LogP contribution in [0.3, 0.4) is 0 Å². The second-order valence-electron chi connectivity index (χ2n) is 3.76. The molecular formula is C12H9BrClN3O2. The minimum absolute atomic E-state index is 0.0717. The molecule has 0 spiro atoms. The van der Waals surface area contributed by atoms with E-state index in [-0.39, 0.29) is 5.69 Å². The van der Waals surface area contributed by atoms with Gasteiger partial charge >= 0.3 is 0 Å². The number of hydrogen-bond acceptors (Lipinski definition) is 4. The van der Waals surface area contributed by atoms with Crippen LogP contribution in [0.25, 0.3) is 0 Å². The van der Waals surface area contributed by atoms with Gasteiger partial charge in [0.05, 0.1) is 14.4 Å². The molecule has 0 atom stereocenters. The second-order valence-corrected chi connectivity index (χ2v) is 5.06. The van der Waals surface area contributed by atoms with Gasteiger partial charge in [-0.05, 0) is 27.6 Å². The van der Waals surface area contributed by atoms with Crippen LogP contribution in [0.15, 0.2) is 41.0 Å². The number of rotatable bonds is 4. The average molecular weight is 343 g/mol. The van der Waals surface area contributed by atoms with Crippen molar-refractivity contribution in [1.82, 2.24) is 4.98 Å². The highest BCUT2D eigenvalue weighted by Crippen LogP contribution is 2.24. The molecule has 5 nitrogen and oxygen atoms in total. The first-order valence-electron chi connectivity index (χ1n) is 5.34. The van der Waals surface area contributed by atoms with Gasteiger partial charge in [-0.1, -0.05) is 23.7 Å². The SMILES string of the molecule is O=[N+]([O-])c1cccc(CNc2ncc(Cl)cc2Br)c1. The molecule has 0 radical (unpaired) electrons. The standard InChI is InChI=1S/C12H9BrClN3O2/c13-11-5-9(14)7-16-12(11)15-6-8-2-1-3-10(4-8)17(18)19/h1-5,7H,6H2,(H,15,16). The molecule has 7 heteroatoms. The van der Waals surface area contributed by atoms with Gasteiger partial charge < -0.3 is 5.32 Å². The van der Waals surface area contributed by atoms with E-state index in [4.69, 9.17) is 11.6 Å². The molecule has 0 saturated carbocycles. The lowest BCUT2D eigenvalue weighted by Crippen LogP contribution is -2.02. The predicted molar refractivity (Wildman–Crippen MR) is 77.4 cm³/mol. The quantitative estimate of drug-likeness (QED) is 0.673. The smallest absolute Gasteiger partial charge is 0.269 e. The van der Waals surface area contributed by atoms with Crippen molar-refractivity contribution in [3.8, 4) is 0 Å². The van der Waals surface area contributed by atoms with Crippen LogP contribution in [0.4, 0.5) is 11.5 Å². The molecule has 0 saturated heterocycles. The fraction of sp³-hybridized carbons (Fsp3) is 0.0833. The summed E-state index contributed by atoms with van der Waals surface area (Å²) in [4.78, 5) is 14.4. The topological polar surface area (TPSA) is 68.1 Å². The van der Waals surface area contributed by atoms with Crippen molar-refractivity contribution in [2.24, 2.45) is 0 Å². The highest BCUT2D eigenvalue weighted by Gasteiger charge is 2.06. The summed E-state index contributed by atoms with van der Waals surface area (Å²) in [6, 6.07) is 8.17. The van der Waals surface area contributed by atoms with Crippen molar-refractivity contribution in [3.63, 3.8) is 0 Å². The number of nitrogens with zero attached hydrogens (tertiary/aromatic N) is 2. The Kier molecular flexibility index (Phi) is 4.34. The zero-order valence-corrected chi connectivity index (χ0v) is 12.0. The van der Waals surface area contributed by atoms with Gasteiger partial charge in [-0.25, -0.2) is 4.98 Å². The Morgan fingerprint density at radius 3 is 2.89 bits per heavy atom. The van der Waals surface area contributed by atoms with Crippen LogP contribution in [0, 0.1) is 10.1 Å². The fourth-order valence-electron chi connectivity index (χ4n) is 1.51. The molecule has 1 heterocycles. The maximum absolute atomic E-state index is 10.7. The third-order valence-corrected chi connectivity index (χ3v) is 3.20. The number of nitrogens with one attached hydrogen (secondary N) is 1. The van der Waals surface area contributed by atoms with Crippen LogP contribution in [-0.4, -0.2) is 9.91 Å². The van der Waals surface area contributed by atoms with Crippen molar-refractivity contribution in [1.29, 1.82) is 0 Å². The first-order chi connectivity index (χ1) is 9.06. The van der Waals surface area contributed by atoms with Crippen molar-refractivity contribution in [2.75, 3.05) is 5.32 Å². The molecule has 0 unspecified atom stereocenters. The number of non-ortho nitro benzene ring substituents is 1. The van der Waals surface area contributed by atoms with Gasteiger partial charge in [0.2, 0.25) is 0 Å². The average Bonchev–Trinajstić information content (AvgIpc) is 2.38. The summed E-state index contributed by atoms with van der Waals surface area (Å²) >= 11 is 9.14. The molecule has 1 N–H and O–H groups in total. The molecule has 0 aliphatic heterocycles. The minimum atomic E-state index is -0.417. The van der Waals surface area contributed by atoms with E-state index in [1.165, 1.54) is 18.3 Å². The number of benzene rings is 1. The molecule has 2 rings (SSSR count). The van der Waals surface area contributed by atoms with Crippen molar-refractivity contribution < 1.29 is 4.92 Å². The second kappa shape index (κ2) is 5.99. The number of nitro benzene ring substituents is 1. The largest absolute Gasteiger partial charge is 0.365 e. The predicted octanol–water partition coefficient (Wildman–Crippen LogP) is 4.02. The third kappa shape index (κ3) is 3.65. The Labute approximate surface area is 122 Å². The van der Waals surface area contributed by atoms with Crippen LogP contribution < -0.4 is 5.32 Å². The number of nitro groups is 1. The van der Waals surface area contributed by atoms with Gasteiger partial charge in [-0.2, -0.15) is 0 Å². The summed E-state index contributed by atoms with van der Waals surface area (Å²) < 4.78 is 0.741. The number of halogens is 2. The lowest BCUT2D eigenvalue weighted by Gasteiger charge is -2.07. The molecule has 19 heavy (non-hydrogen) atoms. The van der Waals surface area contributed by atoms with Gasteiger partial charge in [0.25, 0.3) is 5.69 Å². The summed E-state index contributed by atoms with van der Waals surface area (Å²) in [5, 5.41) is 14.3. The van der Waals surface area contributed by atoms with E-state index in [0.29, 0.717) is 17.4 Å². The van der Waals surface area contributed by atoms with Gasteiger partial charge in [0.1, 0.15) is 5.82 Å². The van der Waals surface area contributed by atoms with Crippen LogP contribution in [0.5, 0.6) is 0 Å². The van der Waals surface area contributed by atoms with E-state index in [1.54, 1.807) is 12.1 Å². The molecule has 0 aliphatic rings. The first-order valence-corrected chi connectivity index (χ1v) is 6.51. The molecule has 0 aliphatic carbocycles. The number of pyridine rings is 1. The molecule has 98 valence electrons. The van der Waals surface area contributed by atoms with Crippen LogP contribution in [0.2, 0.25) is 5.02 Å². The molecule has 0 bridgehead atoms. The molecular weight excluding hydrogens is 334 g/mol. The summed E-state index contributed by atoms with van der Waals surface area (Å²) in [6.45, 7) is 0.439. The fourth-order valence-corrected chi connectivity index (χ4v) is 2.29.